The third kappa shape index (κ3) is 5.47. The van der Waals surface area contributed by atoms with E-state index < -0.39 is 0 Å². The van der Waals surface area contributed by atoms with Crippen molar-refractivity contribution >= 4 is 29.3 Å². The molecule has 0 unspecified atom stereocenters. The number of ether oxygens (including phenoxy) is 1. The topological polar surface area (TPSA) is 50.4 Å². The molecule has 1 aliphatic heterocycles. The van der Waals surface area contributed by atoms with Crippen LogP contribution in [-0.4, -0.2) is 45.0 Å². The molecule has 0 aromatic heterocycles. The highest BCUT2D eigenvalue weighted by Gasteiger charge is 2.32. The minimum atomic E-state index is 0.0639. The highest BCUT2D eigenvalue weighted by atomic mass is 35.5. The zero-order valence-electron chi connectivity index (χ0n) is 12.9. The Labute approximate surface area is 141 Å². The fourth-order valence-electron chi connectivity index (χ4n) is 2.65. The van der Waals surface area contributed by atoms with Gasteiger partial charge in [0.25, 0.3) is 0 Å². The lowest BCUT2D eigenvalue weighted by Crippen LogP contribution is -2.47. The van der Waals surface area contributed by atoms with Gasteiger partial charge < -0.3 is 15.4 Å². The predicted molar refractivity (Wildman–Crippen MR) is 91.6 cm³/mol. The Kier molecular flexibility index (Phi) is 7.02. The van der Waals surface area contributed by atoms with E-state index in [9.17, 15) is 4.79 Å². The Bertz CT molecular complexity index is 470. The molecule has 1 fully saturated rings. The zero-order valence-corrected chi connectivity index (χ0v) is 14.4. The molecule has 0 saturated carbocycles. The van der Waals surface area contributed by atoms with Gasteiger partial charge in [0, 0.05) is 29.0 Å². The van der Waals surface area contributed by atoms with Gasteiger partial charge in [0.1, 0.15) is 0 Å². The molecule has 0 aliphatic carbocycles. The lowest BCUT2D eigenvalue weighted by molar-refractivity contribution is -0.119. The monoisotopic (exact) mass is 342 g/mol. The second kappa shape index (κ2) is 8.77. The van der Waals surface area contributed by atoms with E-state index in [-0.39, 0.29) is 11.3 Å². The average molecular weight is 343 g/mol. The van der Waals surface area contributed by atoms with E-state index in [1.165, 1.54) is 11.8 Å². The van der Waals surface area contributed by atoms with Crippen LogP contribution < -0.4 is 10.6 Å². The van der Waals surface area contributed by atoms with Crippen molar-refractivity contribution < 1.29 is 9.53 Å². The molecule has 1 saturated heterocycles. The fourth-order valence-corrected chi connectivity index (χ4v) is 3.51. The predicted octanol–water partition coefficient (Wildman–Crippen LogP) is 2.56. The van der Waals surface area contributed by atoms with Gasteiger partial charge in [-0.2, -0.15) is 0 Å². The molecule has 1 aromatic rings. The third-order valence-electron chi connectivity index (χ3n) is 3.96. The molecule has 2 N–H and O–H groups in total. The van der Waals surface area contributed by atoms with E-state index >= 15 is 0 Å². The number of methoxy groups -OCH3 is 1. The van der Waals surface area contributed by atoms with E-state index in [0.717, 1.165) is 30.8 Å². The molecule has 22 heavy (non-hydrogen) atoms. The molecular weight excluding hydrogens is 320 g/mol. The molecule has 2 rings (SSSR count). The van der Waals surface area contributed by atoms with Crippen LogP contribution in [0.25, 0.3) is 0 Å². The summed E-state index contributed by atoms with van der Waals surface area (Å²) in [6, 6.07) is 7.54. The summed E-state index contributed by atoms with van der Waals surface area (Å²) in [5.74, 6) is 0.483. The van der Waals surface area contributed by atoms with Crippen molar-refractivity contribution in [2.45, 2.75) is 17.7 Å². The Balaban J connectivity index is 1.77. The second-order valence-electron chi connectivity index (χ2n) is 5.70. The molecule has 0 radical (unpaired) electrons. The summed E-state index contributed by atoms with van der Waals surface area (Å²) in [7, 11) is 1.72. The highest BCUT2D eigenvalue weighted by Crippen LogP contribution is 2.28. The van der Waals surface area contributed by atoms with Gasteiger partial charge in [-0.15, -0.1) is 11.8 Å². The van der Waals surface area contributed by atoms with Gasteiger partial charge in [-0.25, -0.2) is 0 Å². The van der Waals surface area contributed by atoms with E-state index in [0.29, 0.717) is 23.9 Å². The van der Waals surface area contributed by atoms with Crippen LogP contribution in [0.4, 0.5) is 0 Å². The van der Waals surface area contributed by atoms with Gasteiger partial charge in [-0.3, -0.25) is 4.79 Å². The standard InChI is InChI=1S/C16H23ClN2O2S/c1-21-12-16(6-8-18-9-7-16)11-19-15(20)10-22-14-4-2-13(17)3-5-14/h2-5,18H,6-12H2,1H3,(H,19,20). The number of thioether (sulfide) groups is 1. The van der Waals surface area contributed by atoms with Crippen LogP contribution in [0.2, 0.25) is 5.02 Å². The van der Waals surface area contributed by atoms with Crippen molar-refractivity contribution in [1.82, 2.24) is 10.6 Å². The maximum absolute atomic E-state index is 12.1. The minimum absolute atomic E-state index is 0.0639. The quantitative estimate of drug-likeness (QED) is 0.748. The summed E-state index contributed by atoms with van der Waals surface area (Å²) < 4.78 is 5.36. The number of benzene rings is 1. The molecule has 0 atom stereocenters. The van der Waals surface area contributed by atoms with Gasteiger partial charge in [0.15, 0.2) is 0 Å². The first-order valence-electron chi connectivity index (χ1n) is 7.48. The number of hydrogen-bond acceptors (Lipinski definition) is 4. The van der Waals surface area contributed by atoms with Crippen LogP contribution in [0.5, 0.6) is 0 Å². The number of halogens is 1. The van der Waals surface area contributed by atoms with Gasteiger partial charge in [0.2, 0.25) is 5.91 Å². The molecule has 1 amide bonds. The Morgan fingerprint density at radius 2 is 2.05 bits per heavy atom. The molecule has 4 nitrogen and oxygen atoms in total. The van der Waals surface area contributed by atoms with Gasteiger partial charge in [0.05, 0.1) is 12.4 Å². The number of piperidine rings is 1. The lowest BCUT2D eigenvalue weighted by atomic mass is 9.79. The van der Waals surface area contributed by atoms with Crippen LogP contribution >= 0.6 is 23.4 Å². The number of carbonyl (C=O) groups excluding carboxylic acids is 1. The smallest absolute Gasteiger partial charge is 0.230 e. The first-order chi connectivity index (χ1) is 10.6. The van der Waals surface area contributed by atoms with Crippen LogP contribution in [0.3, 0.4) is 0 Å². The summed E-state index contributed by atoms with van der Waals surface area (Å²) in [4.78, 5) is 13.1. The maximum atomic E-state index is 12.1. The number of carbonyl (C=O) groups is 1. The Hall–Kier alpha value is -0.750. The summed E-state index contributed by atoms with van der Waals surface area (Å²) >= 11 is 7.37. The van der Waals surface area contributed by atoms with Crippen LogP contribution in [-0.2, 0) is 9.53 Å². The van der Waals surface area contributed by atoms with Crippen molar-refractivity contribution in [2.24, 2.45) is 5.41 Å². The van der Waals surface area contributed by atoms with Gasteiger partial charge >= 0.3 is 0 Å². The Morgan fingerprint density at radius 1 is 1.36 bits per heavy atom. The van der Waals surface area contributed by atoms with Crippen molar-refractivity contribution in [3.63, 3.8) is 0 Å². The molecule has 1 aromatic carbocycles. The summed E-state index contributed by atoms with van der Waals surface area (Å²) in [6.45, 7) is 3.35. The normalized spacial score (nSPS) is 17.2. The Morgan fingerprint density at radius 3 is 2.68 bits per heavy atom. The summed E-state index contributed by atoms with van der Waals surface area (Å²) in [6.07, 6.45) is 2.07. The van der Waals surface area contributed by atoms with E-state index in [1.54, 1.807) is 7.11 Å². The SMILES string of the molecule is COCC1(CNC(=O)CSc2ccc(Cl)cc2)CCNCC1. The highest BCUT2D eigenvalue weighted by molar-refractivity contribution is 8.00. The lowest BCUT2D eigenvalue weighted by Gasteiger charge is -2.37. The van der Waals surface area contributed by atoms with E-state index in [1.807, 2.05) is 24.3 Å². The second-order valence-corrected chi connectivity index (χ2v) is 7.19. The van der Waals surface area contributed by atoms with Gasteiger partial charge in [-0.1, -0.05) is 11.6 Å². The molecule has 6 heteroatoms. The number of amides is 1. The van der Waals surface area contributed by atoms with E-state index in [4.69, 9.17) is 16.3 Å². The van der Waals surface area contributed by atoms with Crippen molar-refractivity contribution in [3.8, 4) is 0 Å². The van der Waals surface area contributed by atoms with Gasteiger partial charge in [-0.05, 0) is 50.2 Å². The van der Waals surface area contributed by atoms with Crippen molar-refractivity contribution in [3.05, 3.63) is 29.3 Å². The average Bonchev–Trinajstić information content (AvgIpc) is 2.54. The molecule has 1 aliphatic rings. The minimum Gasteiger partial charge on any atom is -0.384 e. The largest absolute Gasteiger partial charge is 0.384 e. The van der Waals surface area contributed by atoms with E-state index in [2.05, 4.69) is 10.6 Å². The van der Waals surface area contributed by atoms with Crippen LogP contribution in [0.1, 0.15) is 12.8 Å². The van der Waals surface area contributed by atoms with Crippen molar-refractivity contribution in [2.75, 3.05) is 39.1 Å². The molecule has 122 valence electrons. The number of hydrogen-bond donors (Lipinski definition) is 2. The molecule has 0 spiro atoms. The number of rotatable bonds is 7. The van der Waals surface area contributed by atoms with Crippen LogP contribution in [0.15, 0.2) is 29.2 Å². The first kappa shape index (κ1) is 17.6. The first-order valence-corrected chi connectivity index (χ1v) is 8.85. The van der Waals surface area contributed by atoms with Crippen LogP contribution in [0, 0.1) is 5.41 Å². The summed E-state index contributed by atoms with van der Waals surface area (Å²) in [5.41, 5.74) is 0.0700. The number of nitrogens with one attached hydrogen (secondary N) is 2. The molecular formula is C16H23ClN2O2S. The zero-order chi connectivity index (χ0) is 15.8. The molecule has 0 bridgehead atoms. The third-order valence-corrected chi connectivity index (χ3v) is 5.22. The molecule has 1 heterocycles. The maximum Gasteiger partial charge on any atom is 0.230 e. The van der Waals surface area contributed by atoms with Crippen molar-refractivity contribution in [1.29, 1.82) is 0 Å². The summed E-state index contributed by atoms with van der Waals surface area (Å²) in [5, 5.41) is 7.13. The fraction of sp³-hybridized carbons (Fsp3) is 0.562.